The van der Waals surface area contributed by atoms with E-state index in [0.29, 0.717) is 33.1 Å². The summed E-state index contributed by atoms with van der Waals surface area (Å²) in [6.07, 6.45) is 3.67. The molecule has 0 aromatic heterocycles. The number of rotatable bonds is 6. The van der Waals surface area contributed by atoms with Gasteiger partial charge in [0, 0.05) is 32.7 Å². The maximum atomic E-state index is 6.36. The van der Waals surface area contributed by atoms with Gasteiger partial charge < -0.3 is 4.74 Å². The van der Waals surface area contributed by atoms with Crippen molar-refractivity contribution in [2.24, 2.45) is 9.98 Å². The molecule has 2 aromatic carbocycles. The second-order valence-electron chi connectivity index (χ2n) is 5.57. The van der Waals surface area contributed by atoms with Crippen LogP contribution in [0.5, 0.6) is 0 Å². The van der Waals surface area contributed by atoms with E-state index in [2.05, 4.69) is 9.98 Å². The summed E-state index contributed by atoms with van der Waals surface area (Å²) in [5.41, 5.74) is 1.70. The van der Waals surface area contributed by atoms with Gasteiger partial charge in [0.1, 0.15) is 6.34 Å². The molecule has 2 unspecified atom stereocenters. The van der Waals surface area contributed by atoms with E-state index in [9.17, 15) is 0 Å². The van der Waals surface area contributed by atoms with E-state index in [-0.39, 0.29) is 41.7 Å². The maximum absolute atomic E-state index is 6.36. The Hall–Kier alpha value is -0.1000. The molecule has 3 nitrogen and oxygen atoms in total. The molecule has 0 saturated heterocycles. The zero-order valence-corrected chi connectivity index (χ0v) is 16.0. The van der Waals surface area contributed by atoms with E-state index in [0.717, 1.165) is 11.1 Å². The van der Waals surface area contributed by atoms with E-state index in [1.54, 1.807) is 36.8 Å². The van der Waals surface area contributed by atoms with Crippen LogP contribution in [-0.4, -0.2) is 48.2 Å². The zero-order chi connectivity index (χ0) is 17.8. The summed E-state index contributed by atoms with van der Waals surface area (Å²) in [6.45, 7) is 0.327. The number of ether oxygens (including phenoxy) is 1. The minimum absolute atomic E-state index is 0. The number of nitrogens with zero attached hydrogens (tertiary/aromatic N) is 2. The van der Waals surface area contributed by atoms with Crippen molar-refractivity contribution in [2.75, 3.05) is 0 Å². The van der Waals surface area contributed by atoms with Crippen LogP contribution in [-0.2, 0) is 11.3 Å². The van der Waals surface area contributed by atoms with E-state index < -0.39 is 0 Å². The van der Waals surface area contributed by atoms with Gasteiger partial charge in [-0.3, -0.25) is 4.99 Å². The van der Waals surface area contributed by atoms with Crippen LogP contribution in [0.2, 0.25) is 20.1 Å². The van der Waals surface area contributed by atoms with Crippen molar-refractivity contribution < 1.29 is 4.74 Å². The van der Waals surface area contributed by atoms with Gasteiger partial charge in [-0.05, 0) is 35.4 Å². The fraction of sp³-hybridized carbons (Fsp3) is 0.222. The number of hydrogen-bond acceptors (Lipinski definition) is 3. The van der Waals surface area contributed by atoms with Crippen LogP contribution >= 0.6 is 46.4 Å². The van der Waals surface area contributed by atoms with Gasteiger partial charge in [-0.15, -0.1) is 0 Å². The molecule has 2 aromatic rings. The number of hydrogen-bond donors (Lipinski definition) is 0. The topological polar surface area (TPSA) is 34.0 Å². The molecule has 0 amide bonds. The Bertz CT molecular complexity index is 817. The first-order valence-corrected chi connectivity index (χ1v) is 9.09. The average molecular weight is 440 g/mol. The molecule has 0 saturated carbocycles. The first-order valence-electron chi connectivity index (χ1n) is 7.58. The summed E-state index contributed by atoms with van der Waals surface area (Å²) >= 11 is 24.5. The van der Waals surface area contributed by atoms with Crippen LogP contribution in [0.4, 0.5) is 0 Å². The molecule has 0 radical (unpaired) electrons. The van der Waals surface area contributed by atoms with Gasteiger partial charge in [0.15, 0.2) is 0 Å². The molecule has 8 heteroatoms. The van der Waals surface area contributed by atoms with E-state index in [4.69, 9.17) is 51.1 Å². The molecule has 1 aliphatic heterocycles. The van der Waals surface area contributed by atoms with Crippen LogP contribution in [0.15, 0.2) is 46.4 Å². The summed E-state index contributed by atoms with van der Waals surface area (Å²) in [7, 11) is 0. The fourth-order valence-electron chi connectivity index (χ4n) is 2.52. The Morgan fingerprint density at radius 2 is 1.65 bits per heavy atom. The molecule has 0 fully saturated rings. The number of aliphatic imine (C=N–C) groups is 2. The van der Waals surface area contributed by atoms with Crippen molar-refractivity contribution in [3.63, 3.8) is 0 Å². The van der Waals surface area contributed by atoms with E-state index in [1.807, 2.05) is 12.1 Å². The Kier molecular flexibility index (Phi) is 8.92. The summed E-state index contributed by atoms with van der Waals surface area (Å²) in [5, 5.41) is 2.28. The third-order valence-electron chi connectivity index (χ3n) is 3.80. The zero-order valence-electron chi connectivity index (χ0n) is 13.0. The summed E-state index contributed by atoms with van der Waals surface area (Å²) in [5.74, 6) is 0. The van der Waals surface area contributed by atoms with Crippen molar-refractivity contribution in [3.8, 4) is 0 Å². The molecule has 1 aliphatic rings. The molecule has 2 atom stereocenters. The standard InChI is InChI=1S/C18H14Cl4N2O.Na.H/c19-12-2-1-11(16(21)5-12)9-25-18(7-14-8-23-10-24-14)15-4-3-13(20)6-17(15)22;;/h1-6,8,10,14,18H,7,9H2;;. The molecule has 1 heterocycles. The third kappa shape index (κ3) is 5.95. The molecule has 0 bridgehead atoms. The van der Waals surface area contributed by atoms with Gasteiger partial charge in [0.05, 0.1) is 18.8 Å². The predicted molar refractivity (Wildman–Crippen MR) is 113 cm³/mol. The second kappa shape index (κ2) is 10.4. The van der Waals surface area contributed by atoms with Crippen LogP contribution in [0.25, 0.3) is 0 Å². The second-order valence-corrected chi connectivity index (χ2v) is 7.25. The van der Waals surface area contributed by atoms with Gasteiger partial charge in [0.25, 0.3) is 0 Å². The van der Waals surface area contributed by atoms with Crippen LogP contribution in [0.3, 0.4) is 0 Å². The van der Waals surface area contributed by atoms with Gasteiger partial charge in [-0.2, -0.15) is 0 Å². The Balaban J connectivity index is 0.00000243. The molecule has 0 spiro atoms. The Morgan fingerprint density at radius 1 is 0.962 bits per heavy atom. The van der Waals surface area contributed by atoms with Gasteiger partial charge in [-0.1, -0.05) is 58.5 Å². The quantitative estimate of drug-likeness (QED) is 0.525. The molecular formula is C18H15Cl4N2NaO. The number of benzene rings is 2. The molecule has 132 valence electrons. The normalized spacial score (nSPS) is 16.5. The molecule has 26 heavy (non-hydrogen) atoms. The third-order valence-corrected chi connectivity index (χ3v) is 4.95. The SMILES string of the molecule is Clc1ccc(COC(CC2C=NC=N2)c2ccc(Cl)cc2Cl)c(Cl)c1.[NaH]. The predicted octanol–water partition coefficient (Wildman–Crippen LogP) is 5.78. The minimum atomic E-state index is -0.275. The van der Waals surface area contributed by atoms with Crippen LogP contribution in [0, 0.1) is 0 Å². The van der Waals surface area contributed by atoms with Gasteiger partial charge in [0.2, 0.25) is 0 Å². The number of halogens is 4. The average Bonchev–Trinajstić information content (AvgIpc) is 3.06. The molecular weight excluding hydrogens is 425 g/mol. The molecule has 3 rings (SSSR count). The first-order chi connectivity index (χ1) is 12.0. The summed E-state index contributed by atoms with van der Waals surface area (Å²) in [4.78, 5) is 8.32. The van der Waals surface area contributed by atoms with Crippen molar-refractivity contribution >= 4 is 88.5 Å². The Morgan fingerprint density at radius 3 is 2.27 bits per heavy atom. The van der Waals surface area contributed by atoms with Crippen molar-refractivity contribution in [2.45, 2.75) is 25.2 Å². The van der Waals surface area contributed by atoms with E-state index in [1.165, 1.54) is 0 Å². The van der Waals surface area contributed by atoms with Crippen LogP contribution < -0.4 is 0 Å². The van der Waals surface area contributed by atoms with E-state index >= 15 is 0 Å². The molecule has 0 N–H and O–H groups in total. The van der Waals surface area contributed by atoms with Gasteiger partial charge in [-0.25, -0.2) is 4.99 Å². The van der Waals surface area contributed by atoms with Crippen molar-refractivity contribution in [1.29, 1.82) is 0 Å². The van der Waals surface area contributed by atoms with Gasteiger partial charge >= 0.3 is 29.6 Å². The van der Waals surface area contributed by atoms with Crippen LogP contribution in [0.1, 0.15) is 23.7 Å². The fourth-order valence-corrected chi connectivity index (χ4v) is 3.51. The van der Waals surface area contributed by atoms with Crippen molar-refractivity contribution in [1.82, 2.24) is 0 Å². The Labute approximate surface area is 194 Å². The summed E-state index contributed by atoms with van der Waals surface area (Å²) in [6, 6.07) is 10.6. The first kappa shape index (κ1) is 22.2. The molecule has 0 aliphatic carbocycles. The van der Waals surface area contributed by atoms with Crippen molar-refractivity contribution in [3.05, 3.63) is 67.6 Å². The summed E-state index contributed by atoms with van der Waals surface area (Å²) < 4.78 is 6.13. The monoisotopic (exact) mass is 438 g/mol.